The molecular weight excluding hydrogens is 327 g/mol. The standard InChI is InChI=1S/C15H18Cl2N2O3/c16-11-2-1-10(7-12(11)17)14-8-19(4-6-22-14)15(20)13-9-21-5-3-18-13/h1-2,7,13-14,18H,3-6,8-9H2. The Labute approximate surface area is 139 Å². The number of nitrogens with one attached hydrogen (secondary N) is 1. The molecule has 3 rings (SSSR count). The van der Waals surface area contributed by atoms with Gasteiger partial charge in [0.05, 0.1) is 36.4 Å². The molecule has 0 aliphatic carbocycles. The average molecular weight is 345 g/mol. The normalized spacial score (nSPS) is 26.0. The van der Waals surface area contributed by atoms with Crippen LogP contribution >= 0.6 is 23.2 Å². The van der Waals surface area contributed by atoms with Gasteiger partial charge in [0.15, 0.2) is 0 Å². The van der Waals surface area contributed by atoms with Crippen LogP contribution in [0.2, 0.25) is 10.0 Å². The number of ether oxygens (including phenoxy) is 2. The molecule has 2 aliphatic rings. The van der Waals surface area contributed by atoms with Crippen molar-refractivity contribution in [2.75, 3.05) is 39.5 Å². The Balaban J connectivity index is 1.68. The van der Waals surface area contributed by atoms with Crippen molar-refractivity contribution in [2.24, 2.45) is 0 Å². The van der Waals surface area contributed by atoms with E-state index in [1.165, 1.54) is 0 Å². The van der Waals surface area contributed by atoms with Crippen LogP contribution in [0.15, 0.2) is 18.2 Å². The van der Waals surface area contributed by atoms with E-state index in [9.17, 15) is 4.79 Å². The van der Waals surface area contributed by atoms with E-state index in [2.05, 4.69) is 5.32 Å². The van der Waals surface area contributed by atoms with Crippen LogP contribution < -0.4 is 5.32 Å². The maximum absolute atomic E-state index is 12.5. The fraction of sp³-hybridized carbons (Fsp3) is 0.533. The van der Waals surface area contributed by atoms with Crippen LogP contribution in [0.25, 0.3) is 0 Å². The molecule has 1 N–H and O–H groups in total. The molecule has 2 fully saturated rings. The van der Waals surface area contributed by atoms with Crippen LogP contribution in [-0.4, -0.2) is 56.3 Å². The number of nitrogens with zero attached hydrogens (tertiary/aromatic N) is 1. The molecule has 2 saturated heterocycles. The van der Waals surface area contributed by atoms with Crippen LogP contribution in [-0.2, 0) is 14.3 Å². The molecule has 0 radical (unpaired) electrons. The SMILES string of the molecule is O=C(C1COCCN1)N1CCOC(c2ccc(Cl)c(Cl)c2)C1. The summed E-state index contributed by atoms with van der Waals surface area (Å²) in [5, 5.41) is 4.20. The zero-order valence-electron chi connectivity index (χ0n) is 12.1. The second kappa shape index (κ2) is 7.15. The summed E-state index contributed by atoms with van der Waals surface area (Å²) in [5.41, 5.74) is 0.930. The first-order valence-corrected chi connectivity index (χ1v) is 8.07. The number of hydrogen-bond donors (Lipinski definition) is 1. The molecule has 2 heterocycles. The highest BCUT2D eigenvalue weighted by Gasteiger charge is 2.31. The molecule has 1 aromatic rings. The zero-order valence-corrected chi connectivity index (χ0v) is 13.6. The minimum absolute atomic E-state index is 0.0630. The first kappa shape index (κ1) is 16.0. The lowest BCUT2D eigenvalue weighted by Gasteiger charge is -2.36. The van der Waals surface area contributed by atoms with Crippen LogP contribution in [0.3, 0.4) is 0 Å². The second-order valence-corrected chi connectivity index (χ2v) is 6.21. The lowest BCUT2D eigenvalue weighted by atomic mass is 10.1. The summed E-state index contributed by atoms with van der Waals surface area (Å²) in [5.74, 6) is 0.0630. The Morgan fingerprint density at radius 2 is 2.14 bits per heavy atom. The van der Waals surface area contributed by atoms with Gasteiger partial charge in [0.1, 0.15) is 12.1 Å². The molecule has 120 valence electrons. The third-order valence-corrected chi connectivity index (χ3v) is 4.65. The van der Waals surface area contributed by atoms with Crippen molar-refractivity contribution in [1.29, 1.82) is 0 Å². The monoisotopic (exact) mass is 344 g/mol. The van der Waals surface area contributed by atoms with Gasteiger partial charge in [0.25, 0.3) is 0 Å². The second-order valence-electron chi connectivity index (χ2n) is 5.40. The number of carbonyl (C=O) groups excluding carboxylic acids is 1. The summed E-state index contributed by atoms with van der Waals surface area (Å²) in [7, 11) is 0. The number of halogens is 2. The first-order chi connectivity index (χ1) is 10.6. The predicted molar refractivity (Wildman–Crippen MR) is 84.3 cm³/mol. The number of carbonyl (C=O) groups is 1. The van der Waals surface area contributed by atoms with E-state index >= 15 is 0 Å². The van der Waals surface area contributed by atoms with Gasteiger partial charge < -0.3 is 19.7 Å². The minimum atomic E-state index is -0.263. The van der Waals surface area contributed by atoms with Crippen molar-refractivity contribution in [3.63, 3.8) is 0 Å². The van der Waals surface area contributed by atoms with E-state index < -0.39 is 0 Å². The number of morpholine rings is 2. The van der Waals surface area contributed by atoms with Gasteiger partial charge in [-0.1, -0.05) is 29.3 Å². The van der Waals surface area contributed by atoms with E-state index in [0.717, 1.165) is 5.56 Å². The fourth-order valence-electron chi connectivity index (χ4n) is 2.71. The van der Waals surface area contributed by atoms with Crippen molar-refractivity contribution in [1.82, 2.24) is 10.2 Å². The lowest BCUT2D eigenvalue weighted by molar-refractivity contribution is -0.144. The van der Waals surface area contributed by atoms with Gasteiger partial charge in [0.2, 0.25) is 5.91 Å². The van der Waals surface area contributed by atoms with Gasteiger partial charge in [-0.3, -0.25) is 4.79 Å². The number of amides is 1. The van der Waals surface area contributed by atoms with Gasteiger partial charge in [0, 0.05) is 13.1 Å². The van der Waals surface area contributed by atoms with Crippen molar-refractivity contribution in [3.05, 3.63) is 33.8 Å². The van der Waals surface area contributed by atoms with Gasteiger partial charge in [-0.05, 0) is 17.7 Å². The molecule has 2 atom stereocenters. The van der Waals surface area contributed by atoms with E-state index in [0.29, 0.717) is 49.5 Å². The van der Waals surface area contributed by atoms with Crippen molar-refractivity contribution in [2.45, 2.75) is 12.1 Å². The van der Waals surface area contributed by atoms with E-state index in [1.54, 1.807) is 12.1 Å². The van der Waals surface area contributed by atoms with Crippen molar-refractivity contribution in [3.8, 4) is 0 Å². The molecule has 0 saturated carbocycles. The van der Waals surface area contributed by atoms with E-state index in [-0.39, 0.29) is 18.1 Å². The minimum Gasteiger partial charge on any atom is -0.378 e. The molecule has 22 heavy (non-hydrogen) atoms. The zero-order chi connectivity index (χ0) is 15.5. The third kappa shape index (κ3) is 3.55. The molecule has 1 aromatic carbocycles. The third-order valence-electron chi connectivity index (χ3n) is 3.91. The van der Waals surface area contributed by atoms with Crippen LogP contribution in [0.4, 0.5) is 0 Å². The summed E-state index contributed by atoms with van der Waals surface area (Å²) >= 11 is 12.0. The summed E-state index contributed by atoms with van der Waals surface area (Å²) < 4.78 is 11.1. The predicted octanol–water partition coefficient (Wildman–Crippen LogP) is 1.88. The van der Waals surface area contributed by atoms with Gasteiger partial charge in [-0.25, -0.2) is 0 Å². The Morgan fingerprint density at radius 1 is 1.27 bits per heavy atom. The fourth-order valence-corrected chi connectivity index (χ4v) is 3.01. The Kier molecular flexibility index (Phi) is 5.21. The van der Waals surface area contributed by atoms with Crippen LogP contribution in [0.5, 0.6) is 0 Å². The largest absolute Gasteiger partial charge is 0.378 e. The highest BCUT2D eigenvalue weighted by Crippen LogP contribution is 2.29. The number of hydrogen-bond acceptors (Lipinski definition) is 4. The lowest BCUT2D eigenvalue weighted by Crippen LogP contribution is -2.55. The van der Waals surface area contributed by atoms with Crippen LogP contribution in [0, 0.1) is 0 Å². The molecule has 2 unspecified atom stereocenters. The number of benzene rings is 1. The van der Waals surface area contributed by atoms with Gasteiger partial charge in [-0.15, -0.1) is 0 Å². The molecular formula is C15H18Cl2N2O3. The topological polar surface area (TPSA) is 50.8 Å². The molecule has 0 bridgehead atoms. The molecule has 5 nitrogen and oxygen atoms in total. The van der Waals surface area contributed by atoms with Crippen molar-refractivity contribution >= 4 is 29.1 Å². The van der Waals surface area contributed by atoms with E-state index in [1.807, 2.05) is 11.0 Å². The summed E-state index contributed by atoms with van der Waals surface area (Å²) in [4.78, 5) is 14.4. The van der Waals surface area contributed by atoms with Gasteiger partial charge in [-0.2, -0.15) is 0 Å². The van der Waals surface area contributed by atoms with Crippen LogP contribution in [0.1, 0.15) is 11.7 Å². The first-order valence-electron chi connectivity index (χ1n) is 7.31. The molecule has 2 aliphatic heterocycles. The molecule has 7 heteroatoms. The Morgan fingerprint density at radius 3 is 2.86 bits per heavy atom. The van der Waals surface area contributed by atoms with Gasteiger partial charge >= 0.3 is 0 Å². The molecule has 1 amide bonds. The maximum atomic E-state index is 12.5. The maximum Gasteiger partial charge on any atom is 0.242 e. The highest BCUT2D eigenvalue weighted by atomic mass is 35.5. The summed E-state index contributed by atoms with van der Waals surface area (Å²) in [6.45, 7) is 3.39. The van der Waals surface area contributed by atoms with E-state index in [4.69, 9.17) is 32.7 Å². The number of rotatable bonds is 2. The Bertz CT molecular complexity index is 550. The average Bonchev–Trinajstić information content (AvgIpc) is 2.57. The molecule has 0 spiro atoms. The van der Waals surface area contributed by atoms with Crippen molar-refractivity contribution < 1.29 is 14.3 Å². The quantitative estimate of drug-likeness (QED) is 0.889. The Hall–Kier alpha value is -0.850. The summed E-state index contributed by atoms with van der Waals surface area (Å²) in [6, 6.07) is 5.17. The smallest absolute Gasteiger partial charge is 0.242 e. The highest BCUT2D eigenvalue weighted by molar-refractivity contribution is 6.42. The summed E-state index contributed by atoms with van der Waals surface area (Å²) in [6.07, 6.45) is -0.183. The molecule has 0 aromatic heterocycles.